The molecule has 2 heterocycles. The molecule has 1 aliphatic carbocycles. The lowest BCUT2D eigenvalue weighted by Gasteiger charge is -2.39. The van der Waals surface area contributed by atoms with Gasteiger partial charge in [0, 0.05) is 23.6 Å². The summed E-state index contributed by atoms with van der Waals surface area (Å²) in [4.78, 5) is 15.1. The Hall–Kier alpha value is -1.35. The van der Waals surface area contributed by atoms with Gasteiger partial charge in [-0.05, 0) is 56.0 Å². The van der Waals surface area contributed by atoms with Crippen LogP contribution in [0.1, 0.15) is 41.1 Å². The number of hydrogen-bond donors (Lipinski definition) is 0. The van der Waals surface area contributed by atoms with Crippen molar-refractivity contribution in [3.63, 3.8) is 0 Å². The van der Waals surface area contributed by atoms with Crippen molar-refractivity contribution in [2.75, 3.05) is 14.2 Å². The number of ketones is 1. The number of hydrogen-bond acceptors (Lipinski definition) is 3. The highest BCUT2D eigenvalue weighted by molar-refractivity contribution is 6.04. The Balaban J connectivity index is 1.81. The van der Waals surface area contributed by atoms with Crippen LogP contribution in [0.15, 0.2) is 18.2 Å². The van der Waals surface area contributed by atoms with Crippen LogP contribution >= 0.6 is 0 Å². The summed E-state index contributed by atoms with van der Waals surface area (Å²) in [7, 11) is 3.88. The van der Waals surface area contributed by atoms with Crippen molar-refractivity contribution >= 4 is 5.78 Å². The van der Waals surface area contributed by atoms with E-state index in [-0.39, 0.29) is 5.92 Å². The van der Waals surface area contributed by atoms with Crippen molar-refractivity contribution in [3.8, 4) is 5.75 Å². The molecule has 0 aromatic heterocycles. The Morgan fingerprint density at radius 3 is 2.95 bits per heavy atom. The van der Waals surface area contributed by atoms with Gasteiger partial charge in [0.2, 0.25) is 0 Å². The van der Waals surface area contributed by atoms with E-state index in [2.05, 4.69) is 18.0 Å². The van der Waals surface area contributed by atoms with Crippen molar-refractivity contribution in [2.24, 2.45) is 5.92 Å². The third kappa shape index (κ3) is 1.39. The second-order valence-electron chi connectivity index (χ2n) is 6.15. The van der Waals surface area contributed by atoms with Crippen LogP contribution < -0.4 is 4.74 Å². The molecule has 4 unspecified atom stereocenters. The monoisotopic (exact) mass is 257 g/mol. The zero-order chi connectivity index (χ0) is 13.1. The van der Waals surface area contributed by atoms with E-state index >= 15 is 0 Å². The Kier molecular flexibility index (Phi) is 2.31. The van der Waals surface area contributed by atoms with Gasteiger partial charge in [0.05, 0.1) is 7.11 Å². The molecule has 2 bridgehead atoms. The topological polar surface area (TPSA) is 29.5 Å². The van der Waals surface area contributed by atoms with Gasteiger partial charge in [0.1, 0.15) is 5.75 Å². The molecule has 0 saturated carbocycles. The summed E-state index contributed by atoms with van der Waals surface area (Å²) >= 11 is 0. The van der Waals surface area contributed by atoms with Crippen molar-refractivity contribution in [1.29, 1.82) is 0 Å². The number of Topliss-reactive ketones (excluding diaryl/α,β-unsaturated/α-hetero) is 1. The van der Waals surface area contributed by atoms with Crippen LogP contribution in [-0.2, 0) is 0 Å². The number of nitrogens with zero attached hydrogens (tertiary/aromatic N) is 1. The Morgan fingerprint density at radius 1 is 1.32 bits per heavy atom. The molecule has 3 aliphatic rings. The smallest absolute Gasteiger partial charge is 0.168 e. The molecule has 0 radical (unpaired) electrons. The van der Waals surface area contributed by atoms with Crippen molar-refractivity contribution in [2.45, 2.75) is 37.3 Å². The molecular weight excluding hydrogens is 238 g/mol. The van der Waals surface area contributed by atoms with E-state index in [1.807, 2.05) is 12.1 Å². The Bertz CT molecular complexity index is 554. The first-order valence-corrected chi connectivity index (χ1v) is 7.15. The maximum atomic E-state index is 12.7. The summed E-state index contributed by atoms with van der Waals surface area (Å²) in [5.41, 5.74) is 2.18. The summed E-state index contributed by atoms with van der Waals surface area (Å²) in [6.07, 6.45) is 3.56. The fourth-order valence-electron chi connectivity index (χ4n) is 4.52. The molecule has 3 heteroatoms. The lowest BCUT2D eigenvalue weighted by molar-refractivity contribution is 0.0697. The van der Waals surface area contributed by atoms with Crippen LogP contribution in [0.3, 0.4) is 0 Å². The van der Waals surface area contributed by atoms with Gasteiger partial charge in [-0.1, -0.05) is 0 Å². The molecule has 2 fully saturated rings. The molecule has 19 heavy (non-hydrogen) atoms. The average Bonchev–Trinajstić information content (AvgIpc) is 2.83. The maximum absolute atomic E-state index is 12.7. The van der Waals surface area contributed by atoms with Gasteiger partial charge in [-0.3, -0.25) is 9.69 Å². The molecule has 4 atom stereocenters. The number of fused-ring (bicyclic) bond motifs is 6. The number of carbonyl (C=O) groups excluding carboxylic acids is 1. The molecule has 100 valence electrons. The van der Waals surface area contributed by atoms with Gasteiger partial charge in [-0.2, -0.15) is 0 Å². The molecule has 2 aliphatic heterocycles. The summed E-state index contributed by atoms with van der Waals surface area (Å²) in [5, 5.41) is 0. The number of piperidine rings is 1. The highest BCUT2D eigenvalue weighted by atomic mass is 16.5. The third-order valence-corrected chi connectivity index (χ3v) is 5.50. The predicted octanol–water partition coefficient (Wildman–Crippen LogP) is 2.46. The minimum Gasteiger partial charge on any atom is -0.497 e. The van der Waals surface area contributed by atoms with Crippen LogP contribution in [0.4, 0.5) is 0 Å². The molecule has 0 amide bonds. The van der Waals surface area contributed by atoms with Gasteiger partial charge in [0.25, 0.3) is 0 Å². The maximum Gasteiger partial charge on any atom is 0.168 e. The second-order valence-corrected chi connectivity index (χ2v) is 6.15. The number of methoxy groups -OCH3 is 1. The first-order valence-electron chi connectivity index (χ1n) is 7.15. The molecule has 3 nitrogen and oxygen atoms in total. The van der Waals surface area contributed by atoms with E-state index in [4.69, 9.17) is 4.74 Å². The first-order chi connectivity index (χ1) is 9.20. The van der Waals surface area contributed by atoms with Gasteiger partial charge in [0.15, 0.2) is 5.78 Å². The molecule has 1 aromatic carbocycles. The zero-order valence-electron chi connectivity index (χ0n) is 11.4. The SMILES string of the molecule is COc1ccc2c(c1)C1CC3CCC(C1C2=O)N3C. The van der Waals surface area contributed by atoms with Crippen LogP contribution in [-0.4, -0.2) is 36.9 Å². The van der Waals surface area contributed by atoms with E-state index in [0.29, 0.717) is 23.8 Å². The number of benzene rings is 1. The van der Waals surface area contributed by atoms with E-state index in [1.54, 1.807) is 7.11 Å². The number of carbonyl (C=O) groups is 1. The lowest BCUT2D eigenvalue weighted by atomic mass is 9.80. The van der Waals surface area contributed by atoms with Crippen LogP contribution in [0.2, 0.25) is 0 Å². The fourth-order valence-corrected chi connectivity index (χ4v) is 4.52. The Morgan fingerprint density at radius 2 is 2.16 bits per heavy atom. The van der Waals surface area contributed by atoms with Crippen molar-refractivity contribution < 1.29 is 9.53 Å². The molecular formula is C16H19NO2. The van der Waals surface area contributed by atoms with Crippen LogP contribution in [0, 0.1) is 5.92 Å². The summed E-state index contributed by atoms with van der Waals surface area (Å²) in [6, 6.07) is 7.08. The van der Waals surface area contributed by atoms with Crippen molar-refractivity contribution in [3.05, 3.63) is 29.3 Å². The Labute approximate surface area is 113 Å². The predicted molar refractivity (Wildman–Crippen MR) is 72.7 cm³/mol. The number of ether oxygens (including phenoxy) is 1. The normalized spacial score (nSPS) is 36.2. The van der Waals surface area contributed by atoms with Crippen molar-refractivity contribution in [1.82, 2.24) is 4.90 Å². The molecule has 4 rings (SSSR count). The molecule has 1 aromatic rings. The quantitative estimate of drug-likeness (QED) is 0.774. The van der Waals surface area contributed by atoms with E-state index in [1.165, 1.54) is 18.4 Å². The van der Waals surface area contributed by atoms with Gasteiger partial charge in [-0.25, -0.2) is 0 Å². The highest BCUT2D eigenvalue weighted by Crippen LogP contribution is 2.52. The minimum absolute atomic E-state index is 0.186. The van der Waals surface area contributed by atoms with E-state index in [9.17, 15) is 4.79 Å². The van der Waals surface area contributed by atoms with Gasteiger partial charge < -0.3 is 4.74 Å². The lowest BCUT2D eigenvalue weighted by Crippen LogP contribution is -2.46. The van der Waals surface area contributed by atoms with E-state index in [0.717, 1.165) is 17.7 Å². The summed E-state index contributed by atoms with van der Waals surface area (Å²) in [5.74, 6) is 1.84. The number of rotatable bonds is 1. The molecule has 0 N–H and O–H groups in total. The summed E-state index contributed by atoms with van der Waals surface area (Å²) in [6.45, 7) is 0. The minimum atomic E-state index is 0.186. The van der Waals surface area contributed by atoms with Crippen LogP contribution in [0.5, 0.6) is 5.75 Å². The third-order valence-electron chi connectivity index (χ3n) is 5.50. The highest BCUT2D eigenvalue weighted by Gasteiger charge is 2.53. The summed E-state index contributed by atoms with van der Waals surface area (Å²) < 4.78 is 5.32. The fraction of sp³-hybridized carbons (Fsp3) is 0.562. The largest absolute Gasteiger partial charge is 0.497 e. The van der Waals surface area contributed by atoms with E-state index < -0.39 is 0 Å². The zero-order valence-corrected chi connectivity index (χ0v) is 11.4. The molecule has 2 saturated heterocycles. The second kappa shape index (κ2) is 3.83. The molecule has 0 spiro atoms. The van der Waals surface area contributed by atoms with Gasteiger partial charge in [-0.15, -0.1) is 0 Å². The average molecular weight is 257 g/mol. The van der Waals surface area contributed by atoms with Crippen LogP contribution in [0.25, 0.3) is 0 Å². The first kappa shape index (κ1) is 11.5. The van der Waals surface area contributed by atoms with Gasteiger partial charge >= 0.3 is 0 Å². The standard InChI is InChI=1S/C16H19NO2/c1-17-9-3-6-14(17)15-13(7-9)12-8-10(19-2)4-5-11(12)16(15)18/h4-5,8-9,13-15H,3,6-7H2,1-2H3.